The first-order chi connectivity index (χ1) is 8.61. The molecule has 18 heavy (non-hydrogen) atoms. The summed E-state index contributed by atoms with van der Waals surface area (Å²) >= 11 is 3.54. The van der Waals surface area contributed by atoms with Gasteiger partial charge in [-0.15, -0.1) is 0 Å². The lowest BCUT2D eigenvalue weighted by atomic mass is 9.85. The third-order valence-corrected chi connectivity index (χ3v) is 4.58. The molecule has 2 N–H and O–H groups in total. The molecule has 1 aromatic carbocycles. The molecule has 2 nitrogen and oxygen atoms in total. The van der Waals surface area contributed by atoms with E-state index in [2.05, 4.69) is 22.9 Å². The molecule has 0 aliphatic heterocycles. The van der Waals surface area contributed by atoms with Crippen molar-refractivity contribution in [2.75, 3.05) is 5.73 Å². The molecule has 0 saturated heterocycles. The van der Waals surface area contributed by atoms with E-state index in [9.17, 15) is 0 Å². The summed E-state index contributed by atoms with van der Waals surface area (Å²) in [6, 6.07) is 3.98. The van der Waals surface area contributed by atoms with Crippen molar-refractivity contribution in [2.45, 2.75) is 52.1 Å². The van der Waals surface area contributed by atoms with Crippen LogP contribution >= 0.6 is 15.9 Å². The van der Waals surface area contributed by atoms with Gasteiger partial charge < -0.3 is 10.5 Å². The van der Waals surface area contributed by atoms with Crippen LogP contribution in [0.2, 0.25) is 0 Å². The molecule has 1 aliphatic rings. The average molecular weight is 312 g/mol. The van der Waals surface area contributed by atoms with Crippen LogP contribution in [0.25, 0.3) is 0 Å². The quantitative estimate of drug-likeness (QED) is 0.822. The van der Waals surface area contributed by atoms with Crippen molar-refractivity contribution in [2.24, 2.45) is 5.92 Å². The monoisotopic (exact) mass is 311 g/mol. The van der Waals surface area contributed by atoms with Crippen molar-refractivity contribution in [1.82, 2.24) is 0 Å². The molecule has 0 aromatic heterocycles. The van der Waals surface area contributed by atoms with Gasteiger partial charge in [0.25, 0.3) is 0 Å². The third kappa shape index (κ3) is 3.00. The summed E-state index contributed by atoms with van der Waals surface area (Å²) < 4.78 is 7.19. The Morgan fingerprint density at radius 2 is 2.06 bits per heavy atom. The fourth-order valence-corrected chi connectivity index (χ4v) is 3.17. The van der Waals surface area contributed by atoms with Gasteiger partial charge in [0.1, 0.15) is 11.9 Å². The van der Waals surface area contributed by atoms with Crippen LogP contribution in [0.3, 0.4) is 0 Å². The molecule has 0 spiro atoms. The molecule has 100 valence electrons. The first kappa shape index (κ1) is 13.7. The molecule has 2 unspecified atom stereocenters. The molecule has 2 rings (SSSR count). The van der Waals surface area contributed by atoms with Gasteiger partial charge in [-0.1, -0.05) is 13.3 Å². The van der Waals surface area contributed by atoms with Crippen LogP contribution in [0.1, 0.15) is 44.6 Å². The van der Waals surface area contributed by atoms with Gasteiger partial charge in [0, 0.05) is 5.69 Å². The van der Waals surface area contributed by atoms with Crippen LogP contribution in [0, 0.1) is 12.8 Å². The zero-order valence-corrected chi connectivity index (χ0v) is 12.8. The Bertz CT molecular complexity index is 419. The first-order valence-corrected chi connectivity index (χ1v) is 7.63. The predicted molar refractivity (Wildman–Crippen MR) is 80.0 cm³/mol. The standard InChI is InChI=1S/C15H22BrNO/c1-3-11-6-4-5-7-14(11)18-15-8-10(2)13(17)9-12(15)16/h8-9,11,14H,3-7,17H2,1-2H3. The minimum atomic E-state index is 0.364. The van der Waals surface area contributed by atoms with E-state index >= 15 is 0 Å². The number of rotatable bonds is 3. The zero-order chi connectivity index (χ0) is 13.1. The topological polar surface area (TPSA) is 35.2 Å². The van der Waals surface area contributed by atoms with Crippen LogP contribution in [0.4, 0.5) is 5.69 Å². The Hall–Kier alpha value is -0.700. The van der Waals surface area contributed by atoms with Crippen molar-refractivity contribution < 1.29 is 4.74 Å². The molecular formula is C15H22BrNO. The van der Waals surface area contributed by atoms with Crippen LogP contribution in [0.15, 0.2) is 16.6 Å². The summed E-state index contributed by atoms with van der Waals surface area (Å²) in [5, 5.41) is 0. The summed E-state index contributed by atoms with van der Waals surface area (Å²) in [4.78, 5) is 0. The summed E-state index contributed by atoms with van der Waals surface area (Å²) in [5.74, 6) is 1.63. The lowest BCUT2D eigenvalue weighted by Crippen LogP contribution is -2.30. The minimum Gasteiger partial charge on any atom is -0.489 e. The molecular weight excluding hydrogens is 290 g/mol. The van der Waals surface area contributed by atoms with Gasteiger partial charge in [0.2, 0.25) is 0 Å². The number of hydrogen-bond donors (Lipinski definition) is 1. The molecule has 1 saturated carbocycles. The summed E-state index contributed by atoms with van der Waals surface area (Å²) in [6.45, 7) is 4.28. The smallest absolute Gasteiger partial charge is 0.134 e. The Morgan fingerprint density at radius 1 is 1.33 bits per heavy atom. The van der Waals surface area contributed by atoms with Crippen molar-refractivity contribution in [3.8, 4) is 5.75 Å². The average Bonchev–Trinajstić information content (AvgIpc) is 2.36. The number of nitrogen functional groups attached to an aromatic ring is 1. The molecule has 0 bridgehead atoms. The van der Waals surface area contributed by atoms with Crippen LogP contribution in [0.5, 0.6) is 5.75 Å². The van der Waals surface area contributed by atoms with E-state index in [1.54, 1.807) is 0 Å². The lowest BCUT2D eigenvalue weighted by molar-refractivity contribution is 0.0896. The zero-order valence-electron chi connectivity index (χ0n) is 11.2. The van der Waals surface area contributed by atoms with Gasteiger partial charge in [0.15, 0.2) is 0 Å². The Morgan fingerprint density at radius 3 is 2.78 bits per heavy atom. The van der Waals surface area contributed by atoms with E-state index < -0.39 is 0 Å². The van der Waals surface area contributed by atoms with Crippen LogP contribution in [-0.2, 0) is 0 Å². The molecule has 0 radical (unpaired) electrons. The van der Waals surface area contributed by atoms with E-state index in [1.807, 2.05) is 19.1 Å². The predicted octanol–water partition coefficient (Wildman–Crippen LogP) is 4.69. The van der Waals surface area contributed by atoms with E-state index in [1.165, 1.54) is 32.1 Å². The van der Waals surface area contributed by atoms with E-state index in [-0.39, 0.29) is 0 Å². The molecule has 0 heterocycles. The number of aryl methyl sites for hydroxylation is 1. The number of benzene rings is 1. The second kappa shape index (κ2) is 5.96. The maximum absolute atomic E-state index is 6.22. The highest BCUT2D eigenvalue weighted by atomic mass is 79.9. The second-order valence-electron chi connectivity index (χ2n) is 5.25. The third-order valence-electron chi connectivity index (χ3n) is 3.96. The summed E-state index contributed by atoms with van der Waals surface area (Å²) in [5.41, 5.74) is 7.78. The van der Waals surface area contributed by atoms with Crippen molar-refractivity contribution in [3.63, 3.8) is 0 Å². The Labute approximate surface area is 118 Å². The van der Waals surface area contributed by atoms with Crippen LogP contribution in [-0.4, -0.2) is 6.10 Å². The second-order valence-corrected chi connectivity index (χ2v) is 6.10. The fraction of sp³-hybridized carbons (Fsp3) is 0.600. The summed E-state index contributed by atoms with van der Waals surface area (Å²) in [6.07, 6.45) is 6.67. The highest BCUT2D eigenvalue weighted by Crippen LogP contribution is 2.35. The van der Waals surface area contributed by atoms with Gasteiger partial charge in [-0.2, -0.15) is 0 Å². The van der Waals surface area contributed by atoms with Gasteiger partial charge in [-0.25, -0.2) is 0 Å². The molecule has 1 aliphatic carbocycles. The molecule has 2 atom stereocenters. The lowest BCUT2D eigenvalue weighted by Gasteiger charge is -2.31. The largest absolute Gasteiger partial charge is 0.489 e. The van der Waals surface area contributed by atoms with E-state index in [0.29, 0.717) is 12.0 Å². The Balaban J connectivity index is 2.15. The van der Waals surface area contributed by atoms with Crippen molar-refractivity contribution >= 4 is 21.6 Å². The van der Waals surface area contributed by atoms with Crippen LogP contribution < -0.4 is 10.5 Å². The first-order valence-electron chi connectivity index (χ1n) is 6.84. The Kier molecular flexibility index (Phi) is 4.55. The normalized spacial score (nSPS) is 23.9. The number of anilines is 1. The van der Waals surface area contributed by atoms with Gasteiger partial charge in [0.05, 0.1) is 4.47 Å². The maximum Gasteiger partial charge on any atom is 0.134 e. The van der Waals surface area contributed by atoms with Gasteiger partial charge in [-0.05, 0) is 72.2 Å². The van der Waals surface area contributed by atoms with E-state index in [4.69, 9.17) is 10.5 Å². The maximum atomic E-state index is 6.22. The van der Waals surface area contributed by atoms with Crippen molar-refractivity contribution in [3.05, 3.63) is 22.2 Å². The molecule has 3 heteroatoms. The van der Waals surface area contributed by atoms with E-state index in [0.717, 1.165) is 21.5 Å². The minimum absolute atomic E-state index is 0.364. The molecule has 1 aromatic rings. The fourth-order valence-electron chi connectivity index (χ4n) is 2.72. The van der Waals surface area contributed by atoms with Gasteiger partial charge in [-0.3, -0.25) is 0 Å². The number of hydrogen-bond acceptors (Lipinski definition) is 2. The number of nitrogens with two attached hydrogens (primary N) is 1. The highest BCUT2D eigenvalue weighted by Gasteiger charge is 2.25. The van der Waals surface area contributed by atoms with Gasteiger partial charge >= 0.3 is 0 Å². The number of ether oxygens (including phenoxy) is 1. The summed E-state index contributed by atoms with van der Waals surface area (Å²) in [7, 11) is 0. The van der Waals surface area contributed by atoms with Crippen molar-refractivity contribution in [1.29, 1.82) is 0 Å². The molecule has 1 fully saturated rings. The highest BCUT2D eigenvalue weighted by molar-refractivity contribution is 9.10. The molecule has 0 amide bonds. The SMILES string of the molecule is CCC1CCCCC1Oc1cc(C)c(N)cc1Br. The number of halogens is 1.